The molecule has 1 N–H and O–H groups in total. The van der Waals surface area contributed by atoms with Crippen LogP contribution in [-0.4, -0.2) is 18.4 Å². The second kappa shape index (κ2) is 5.09. The Kier molecular flexibility index (Phi) is 3.70. The van der Waals surface area contributed by atoms with Gasteiger partial charge < -0.3 is 0 Å². The summed E-state index contributed by atoms with van der Waals surface area (Å²) >= 11 is 11.3. The number of hydrogen-bond donors (Lipinski definition) is 1. The number of nitrogens with zero attached hydrogens (tertiary/aromatic N) is 2. The highest BCUT2D eigenvalue weighted by molar-refractivity contribution is 7.92. The smallest absolute Gasteiger partial charge is 0.264 e. The zero-order valence-electron chi connectivity index (χ0n) is 8.84. The predicted octanol–water partition coefficient (Wildman–Crippen LogP) is 2.58. The van der Waals surface area contributed by atoms with Gasteiger partial charge in [0, 0.05) is 5.02 Å². The summed E-state index contributed by atoms with van der Waals surface area (Å²) in [5, 5.41) is 0.416. The van der Waals surface area contributed by atoms with Gasteiger partial charge in [-0.3, -0.25) is 4.72 Å². The lowest BCUT2D eigenvalue weighted by Gasteiger charge is -2.07. The maximum absolute atomic E-state index is 11.9. The average molecular weight is 304 g/mol. The molecule has 5 nitrogen and oxygen atoms in total. The Hall–Kier alpha value is -1.37. The minimum Gasteiger partial charge on any atom is -0.279 e. The van der Waals surface area contributed by atoms with Gasteiger partial charge in [-0.25, -0.2) is 18.4 Å². The number of anilines is 1. The Balaban J connectivity index is 2.30. The van der Waals surface area contributed by atoms with E-state index in [1.807, 2.05) is 0 Å². The Bertz CT molecular complexity index is 659. The number of sulfonamides is 1. The first-order valence-electron chi connectivity index (χ1n) is 4.73. The molecule has 94 valence electrons. The van der Waals surface area contributed by atoms with Gasteiger partial charge in [-0.05, 0) is 29.8 Å². The first kappa shape index (κ1) is 13.1. The van der Waals surface area contributed by atoms with E-state index >= 15 is 0 Å². The molecule has 2 aromatic rings. The summed E-state index contributed by atoms with van der Waals surface area (Å²) in [5.74, 6) is 0. The molecule has 1 aromatic heterocycles. The number of aromatic nitrogens is 2. The van der Waals surface area contributed by atoms with E-state index in [1.54, 1.807) is 18.2 Å². The average Bonchev–Trinajstić information content (AvgIpc) is 2.29. The fourth-order valence-electron chi connectivity index (χ4n) is 1.21. The molecule has 0 unspecified atom stereocenters. The van der Waals surface area contributed by atoms with E-state index in [1.165, 1.54) is 6.07 Å². The van der Waals surface area contributed by atoms with Gasteiger partial charge in [-0.1, -0.05) is 17.7 Å². The summed E-state index contributed by atoms with van der Waals surface area (Å²) in [5.41, 5.74) is 0.359. The third-order valence-corrected chi connectivity index (χ3v) is 3.75. The summed E-state index contributed by atoms with van der Waals surface area (Å²) < 4.78 is 26.3. The number of benzene rings is 1. The molecular formula is C10H7Cl2N3O2S. The van der Waals surface area contributed by atoms with Gasteiger partial charge in [0.1, 0.15) is 4.90 Å². The molecule has 0 amide bonds. The SMILES string of the molecule is O=S(=O)(Nc1cccc(Cl)c1)c1cnc(Cl)nc1. The Morgan fingerprint density at radius 3 is 2.39 bits per heavy atom. The molecule has 18 heavy (non-hydrogen) atoms. The van der Waals surface area contributed by atoms with Crippen LogP contribution in [0.4, 0.5) is 5.69 Å². The predicted molar refractivity (Wildman–Crippen MR) is 69.3 cm³/mol. The van der Waals surface area contributed by atoms with Crippen molar-refractivity contribution in [2.75, 3.05) is 4.72 Å². The van der Waals surface area contributed by atoms with Crippen molar-refractivity contribution in [2.45, 2.75) is 4.90 Å². The van der Waals surface area contributed by atoms with E-state index in [-0.39, 0.29) is 10.2 Å². The van der Waals surface area contributed by atoms with E-state index in [4.69, 9.17) is 23.2 Å². The highest BCUT2D eigenvalue weighted by Gasteiger charge is 2.15. The van der Waals surface area contributed by atoms with Crippen molar-refractivity contribution < 1.29 is 8.42 Å². The lowest BCUT2D eigenvalue weighted by atomic mass is 10.3. The van der Waals surface area contributed by atoms with E-state index in [9.17, 15) is 8.42 Å². The summed E-state index contributed by atoms with van der Waals surface area (Å²) in [6.07, 6.45) is 2.25. The van der Waals surface area contributed by atoms with Crippen LogP contribution >= 0.6 is 23.2 Å². The molecule has 0 fully saturated rings. The van der Waals surface area contributed by atoms with Crippen LogP contribution in [-0.2, 0) is 10.0 Å². The molecule has 0 bridgehead atoms. The first-order valence-corrected chi connectivity index (χ1v) is 6.97. The summed E-state index contributed by atoms with van der Waals surface area (Å²) in [6, 6.07) is 6.36. The molecule has 0 radical (unpaired) electrons. The number of hydrogen-bond acceptors (Lipinski definition) is 4. The normalized spacial score (nSPS) is 11.2. The van der Waals surface area contributed by atoms with Gasteiger partial charge >= 0.3 is 0 Å². The molecule has 0 atom stereocenters. The van der Waals surface area contributed by atoms with Crippen LogP contribution < -0.4 is 4.72 Å². The summed E-state index contributed by atoms with van der Waals surface area (Å²) in [4.78, 5) is 7.15. The zero-order valence-corrected chi connectivity index (χ0v) is 11.2. The van der Waals surface area contributed by atoms with Crippen molar-refractivity contribution in [1.29, 1.82) is 0 Å². The monoisotopic (exact) mass is 303 g/mol. The van der Waals surface area contributed by atoms with E-state index in [0.29, 0.717) is 10.7 Å². The fraction of sp³-hybridized carbons (Fsp3) is 0. The molecular weight excluding hydrogens is 297 g/mol. The third kappa shape index (κ3) is 3.10. The van der Waals surface area contributed by atoms with Crippen molar-refractivity contribution in [3.8, 4) is 0 Å². The lowest BCUT2D eigenvalue weighted by molar-refractivity contribution is 0.600. The van der Waals surface area contributed by atoms with Gasteiger partial charge in [0.2, 0.25) is 5.28 Å². The van der Waals surface area contributed by atoms with Crippen molar-refractivity contribution in [3.63, 3.8) is 0 Å². The molecule has 0 aliphatic rings. The molecule has 8 heteroatoms. The highest BCUT2D eigenvalue weighted by Crippen LogP contribution is 2.18. The fourth-order valence-corrected chi connectivity index (χ4v) is 2.43. The summed E-state index contributed by atoms with van der Waals surface area (Å²) in [7, 11) is -3.74. The lowest BCUT2D eigenvalue weighted by Crippen LogP contribution is -2.13. The molecule has 2 rings (SSSR count). The van der Waals surface area contributed by atoms with Crippen molar-refractivity contribution in [2.24, 2.45) is 0 Å². The van der Waals surface area contributed by atoms with Gasteiger partial charge in [-0.15, -0.1) is 0 Å². The van der Waals surface area contributed by atoms with E-state index in [2.05, 4.69) is 14.7 Å². The van der Waals surface area contributed by atoms with Gasteiger partial charge in [0.25, 0.3) is 10.0 Å². The maximum atomic E-state index is 11.9. The van der Waals surface area contributed by atoms with E-state index in [0.717, 1.165) is 12.4 Å². The van der Waals surface area contributed by atoms with Crippen molar-refractivity contribution >= 4 is 38.9 Å². The molecule has 0 aliphatic heterocycles. The Morgan fingerprint density at radius 2 is 1.78 bits per heavy atom. The van der Waals surface area contributed by atoms with Crippen LogP contribution in [0, 0.1) is 0 Å². The Labute approximate surface area is 114 Å². The molecule has 0 spiro atoms. The molecule has 0 saturated heterocycles. The van der Waals surface area contributed by atoms with Crippen LogP contribution in [0.5, 0.6) is 0 Å². The Morgan fingerprint density at radius 1 is 1.11 bits per heavy atom. The van der Waals surface area contributed by atoms with Crippen LogP contribution in [0.2, 0.25) is 10.3 Å². The minimum absolute atomic E-state index is 0.0169. The maximum Gasteiger partial charge on any atom is 0.264 e. The molecule has 1 aromatic carbocycles. The van der Waals surface area contributed by atoms with Crippen LogP contribution in [0.15, 0.2) is 41.6 Å². The number of halogens is 2. The third-order valence-electron chi connectivity index (χ3n) is 1.98. The van der Waals surface area contributed by atoms with Crippen molar-refractivity contribution in [3.05, 3.63) is 47.0 Å². The van der Waals surface area contributed by atoms with Gasteiger partial charge in [-0.2, -0.15) is 0 Å². The number of rotatable bonds is 3. The number of nitrogens with one attached hydrogen (secondary N) is 1. The van der Waals surface area contributed by atoms with Crippen molar-refractivity contribution in [1.82, 2.24) is 9.97 Å². The molecule has 0 aliphatic carbocycles. The van der Waals surface area contributed by atoms with Crippen LogP contribution in [0.25, 0.3) is 0 Å². The summed E-state index contributed by atoms with van der Waals surface area (Å²) in [6.45, 7) is 0. The topological polar surface area (TPSA) is 72.0 Å². The molecule has 0 saturated carbocycles. The van der Waals surface area contributed by atoms with Crippen LogP contribution in [0.3, 0.4) is 0 Å². The highest BCUT2D eigenvalue weighted by atomic mass is 35.5. The van der Waals surface area contributed by atoms with Crippen LogP contribution in [0.1, 0.15) is 0 Å². The van der Waals surface area contributed by atoms with E-state index < -0.39 is 10.0 Å². The second-order valence-corrected chi connectivity index (χ2v) is 5.76. The van der Waals surface area contributed by atoms with Gasteiger partial charge in [0.15, 0.2) is 0 Å². The quantitative estimate of drug-likeness (QED) is 0.885. The molecule has 1 heterocycles. The minimum atomic E-state index is -3.74. The van der Waals surface area contributed by atoms with Gasteiger partial charge in [0.05, 0.1) is 18.1 Å². The first-order chi connectivity index (χ1) is 8.47. The standard InChI is InChI=1S/C10H7Cl2N3O2S/c11-7-2-1-3-8(4-7)15-18(16,17)9-5-13-10(12)14-6-9/h1-6,15H. The largest absolute Gasteiger partial charge is 0.279 e. The second-order valence-electron chi connectivity index (χ2n) is 3.30. The zero-order chi connectivity index (χ0) is 13.2.